The normalized spacial score (nSPS) is 35.4. The number of nitrogens with zero attached hydrogens (tertiary/aromatic N) is 1. The van der Waals surface area contributed by atoms with Crippen molar-refractivity contribution in [2.24, 2.45) is 5.73 Å². The minimum absolute atomic E-state index is 0.0914. The fraction of sp³-hybridized carbons (Fsp3) is 0.889. The van der Waals surface area contributed by atoms with Crippen molar-refractivity contribution in [2.45, 2.75) is 24.7 Å². The van der Waals surface area contributed by atoms with Gasteiger partial charge in [-0.25, -0.2) is 0 Å². The van der Waals surface area contributed by atoms with Gasteiger partial charge in [-0.2, -0.15) is 0 Å². The van der Waals surface area contributed by atoms with Crippen LogP contribution in [0.15, 0.2) is 0 Å². The summed E-state index contributed by atoms with van der Waals surface area (Å²) in [6.07, 6.45) is 0.598. The Bertz CT molecular complexity index is 249. The third kappa shape index (κ3) is 3.61. The van der Waals surface area contributed by atoms with Crippen LogP contribution in [0.4, 0.5) is 0 Å². The number of rotatable bonds is 4. The number of hydrogen-bond donors (Lipinski definition) is 2. The van der Waals surface area contributed by atoms with Gasteiger partial charge in [-0.3, -0.25) is 0 Å². The third-order valence-electron chi connectivity index (χ3n) is 2.60. The first-order valence-corrected chi connectivity index (χ1v) is 13.6. The Balaban J connectivity index is 2.93. The summed E-state index contributed by atoms with van der Waals surface area (Å²) in [4.78, 5) is 4.90. The van der Waals surface area contributed by atoms with Gasteiger partial charge in [-0.1, -0.05) is 0 Å². The Labute approximate surface area is 146 Å². The molecule has 0 aromatic carbocycles. The maximum atomic E-state index is 6.26. The molecule has 0 amide bonds. The first-order chi connectivity index (χ1) is 7.48. The van der Waals surface area contributed by atoms with Gasteiger partial charge in [-0.05, 0) is 0 Å². The van der Waals surface area contributed by atoms with E-state index in [-0.39, 0.29) is 28.4 Å². The summed E-state index contributed by atoms with van der Waals surface area (Å²) >= 11 is 5.36. The van der Waals surface area contributed by atoms with Crippen molar-refractivity contribution in [2.75, 3.05) is 15.9 Å². The number of halogens is 4. The summed E-state index contributed by atoms with van der Waals surface area (Å²) in [5.41, 5.74) is 6.26. The Kier molecular flexibility index (Phi) is 7.79. The monoisotopic (exact) mass is 676 g/mol. The maximum absolute atomic E-state index is 6.26. The molecule has 3 N–H and O–H groups in total. The summed E-state index contributed by atoms with van der Waals surface area (Å²) in [7, 11) is 0. The second-order valence-electron chi connectivity index (χ2n) is 3.56. The van der Waals surface area contributed by atoms with E-state index in [2.05, 4.69) is 71.8 Å². The molecule has 3 nitrogen and oxygen atoms in total. The first-order valence-electron chi connectivity index (χ1n) is 4.95. The summed E-state index contributed by atoms with van der Waals surface area (Å²) in [6, 6.07) is 0. The van der Waals surface area contributed by atoms with Crippen LogP contribution in [0.3, 0.4) is 0 Å². The van der Waals surface area contributed by atoms with E-state index in [4.69, 9.17) is 5.73 Å². The Morgan fingerprint density at radius 2 is 2.25 bits per heavy atom. The summed E-state index contributed by atoms with van der Waals surface area (Å²) < 4.78 is 6.09. The molecule has 1 aliphatic heterocycles. The Hall–Kier alpha value is 2.67. The standard InChI is InChI=1S/C9H18I4N3/c1-4-16-6(5-12-2)15-8(14)7(13-3)9(16,10)11/h6-8,15H,3-5,14H2,1-2H3/q-1. The predicted octanol–water partition coefficient (Wildman–Crippen LogP) is -1.46. The average molecular weight is 676 g/mol. The first kappa shape index (κ1) is 16.7. The topological polar surface area (TPSA) is 41.3 Å². The molecule has 0 saturated carbocycles. The zero-order chi connectivity index (χ0) is 12.3. The molecule has 16 heavy (non-hydrogen) atoms. The number of alkyl halides is 5. The van der Waals surface area contributed by atoms with Gasteiger partial charge in [0.05, 0.1) is 0 Å². The van der Waals surface area contributed by atoms with Crippen LogP contribution < -0.4 is 32.3 Å². The average Bonchev–Trinajstić information content (AvgIpc) is 2.17. The van der Waals surface area contributed by atoms with Gasteiger partial charge >= 0.3 is 148 Å². The van der Waals surface area contributed by atoms with Gasteiger partial charge < -0.3 is 0 Å². The van der Waals surface area contributed by atoms with Crippen LogP contribution in [0, 0.1) is 0 Å². The van der Waals surface area contributed by atoms with Crippen LogP contribution in [0.1, 0.15) is 6.92 Å². The number of nitrogens with one attached hydrogen (secondary N) is 1. The van der Waals surface area contributed by atoms with E-state index in [0.717, 1.165) is 6.54 Å². The number of nitrogens with two attached hydrogens (primary N) is 1. The molecule has 1 aliphatic rings. The quantitative estimate of drug-likeness (QED) is 0.218. The predicted molar refractivity (Wildman–Crippen MR) is 93.8 cm³/mol. The van der Waals surface area contributed by atoms with Crippen LogP contribution >= 0.6 is 65.9 Å². The van der Waals surface area contributed by atoms with Gasteiger partial charge in [-0.15, -0.1) is 0 Å². The van der Waals surface area contributed by atoms with Crippen LogP contribution in [0.5, 0.6) is 0 Å². The van der Waals surface area contributed by atoms with Crippen molar-refractivity contribution in [3.05, 3.63) is 0 Å². The molecule has 1 fully saturated rings. The Morgan fingerprint density at radius 1 is 1.62 bits per heavy atom. The fourth-order valence-corrected chi connectivity index (χ4v) is 9.44. The van der Waals surface area contributed by atoms with Crippen LogP contribution in [0.25, 0.3) is 0 Å². The molecule has 0 aromatic rings. The van der Waals surface area contributed by atoms with E-state index in [0.29, 0.717) is 31.3 Å². The van der Waals surface area contributed by atoms with Crippen molar-refractivity contribution >= 4 is 70.4 Å². The van der Waals surface area contributed by atoms with Gasteiger partial charge in [0.25, 0.3) is 0 Å². The second kappa shape index (κ2) is 7.45. The fourth-order valence-electron chi connectivity index (χ4n) is 1.87. The van der Waals surface area contributed by atoms with Crippen molar-refractivity contribution in [3.8, 4) is 0 Å². The molecule has 7 heteroatoms. The second-order valence-corrected chi connectivity index (χ2v) is 13.5. The molecule has 1 heterocycles. The van der Waals surface area contributed by atoms with E-state index in [9.17, 15) is 0 Å². The Morgan fingerprint density at radius 3 is 2.69 bits per heavy atom. The van der Waals surface area contributed by atoms with Crippen molar-refractivity contribution in [1.82, 2.24) is 10.2 Å². The molecule has 0 radical (unpaired) electrons. The zero-order valence-corrected chi connectivity index (χ0v) is 18.0. The molecule has 0 spiro atoms. The van der Waals surface area contributed by atoms with Crippen LogP contribution in [0.2, 0.25) is 0 Å². The zero-order valence-electron chi connectivity index (χ0n) is 9.39. The van der Waals surface area contributed by atoms with E-state index >= 15 is 0 Å². The minimum atomic E-state index is -0.0914. The molecule has 1 rings (SSSR count). The molecule has 98 valence electrons. The molecular formula is C9H18I4N3-. The molecule has 3 atom stereocenters. The van der Waals surface area contributed by atoms with Crippen LogP contribution in [-0.2, 0) is 0 Å². The van der Waals surface area contributed by atoms with Crippen molar-refractivity contribution in [1.29, 1.82) is 0 Å². The van der Waals surface area contributed by atoms with Gasteiger partial charge in [0.1, 0.15) is 0 Å². The molecular weight excluding hydrogens is 658 g/mol. The molecule has 0 bridgehead atoms. The van der Waals surface area contributed by atoms with E-state index < -0.39 is 0 Å². The summed E-state index contributed by atoms with van der Waals surface area (Å²) in [5.74, 6) is 0. The molecule has 3 unspecified atom stereocenters. The van der Waals surface area contributed by atoms with Gasteiger partial charge in [0.15, 0.2) is 0 Å². The van der Waals surface area contributed by atoms with Crippen molar-refractivity contribution in [3.63, 3.8) is 0 Å². The van der Waals surface area contributed by atoms with E-state index in [1.165, 1.54) is 4.43 Å². The SMILES string of the molecule is C=IC1C(N)NC(C[I-]C)N(CC)C1(I)I. The van der Waals surface area contributed by atoms with Gasteiger partial charge in [0.2, 0.25) is 0 Å². The van der Waals surface area contributed by atoms with Gasteiger partial charge in [0, 0.05) is 0 Å². The summed E-state index contributed by atoms with van der Waals surface area (Å²) in [6.45, 7) is 3.32. The molecule has 0 aromatic heterocycles. The van der Waals surface area contributed by atoms with E-state index in [1.54, 1.807) is 0 Å². The molecule has 0 aliphatic carbocycles. The third-order valence-corrected chi connectivity index (χ3v) is 11.9. The molecule has 1 saturated heterocycles. The van der Waals surface area contributed by atoms with Crippen LogP contribution in [-0.4, -0.2) is 43.1 Å². The summed E-state index contributed by atoms with van der Waals surface area (Å²) in [5, 5.41) is 3.58. The van der Waals surface area contributed by atoms with E-state index in [1.807, 2.05) is 0 Å². The number of hydrogen-bond acceptors (Lipinski definition) is 3. The van der Waals surface area contributed by atoms with Crippen molar-refractivity contribution < 1.29 is 21.2 Å².